The molecule has 76 valence electrons. The van der Waals surface area contributed by atoms with Crippen molar-refractivity contribution in [3.8, 4) is 0 Å². The van der Waals surface area contributed by atoms with Crippen LogP contribution in [0.1, 0.15) is 10.4 Å². The average molecular weight is 205 g/mol. The number of carbonyl (C=O) groups excluding carboxylic acids is 1. The van der Waals surface area contributed by atoms with Gasteiger partial charge in [0.25, 0.3) is 0 Å². The van der Waals surface area contributed by atoms with E-state index in [1.807, 2.05) is 0 Å². The number of primary amides is 1. The Balaban J connectivity index is 2.85. The largest absolute Gasteiger partial charge is 0.478 e. The summed E-state index contributed by atoms with van der Waals surface area (Å²) in [5, 5.41) is 8.87. The molecule has 0 aromatic carbocycles. The molecule has 0 spiro atoms. The maximum Gasteiger partial charge on any atom is 0.339 e. The zero-order valence-electron chi connectivity index (χ0n) is 7.54. The number of carboxylic acid groups (broad SMARTS) is 1. The van der Waals surface area contributed by atoms with Gasteiger partial charge in [0.2, 0.25) is 0 Å². The Hall–Kier alpha value is -2.37. The van der Waals surface area contributed by atoms with E-state index in [2.05, 4.69) is 4.98 Å². The van der Waals surface area contributed by atoms with Crippen LogP contribution in [0.3, 0.4) is 0 Å². The fourth-order valence-corrected chi connectivity index (χ4v) is 1.40. The summed E-state index contributed by atoms with van der Waals surface area (Å²) in [5.74, 6) is -1.14. The highest BCUT2D eigenvalue weighted by Gasteiger charge is 2.16. The van der Waals surface area contributed by atoms with E-state index in [0.29, 0.717) is 5.52 Å². The van der Waals surface area contributed by atoms with Gasteiger partial charge in [-0.05, 0) is 12.1 Å². The summed E-state index contributed by atoms with van der Waals surface area (Å²) in [7, 11) is 0. The second-order valence-electron chi connectivity index (χ2n) is 2.93. The van der Waals surface area contributed by atoms with Gasteiger partial charge in [-0.2, -0.15) is 0 Å². The SMILES string of the molecule is NC(=O)n1cc(C(=O)O)c2ncccc21. The van der Waals surface area contributed by atoms with Gasteiger partial charge in [-0.1, -0.05) is 0 Å². The third-order valence-corrected chi connectivity index (χ3v) is 2.03. The van der Waals surface area contributed by atoms with Crippen molar-refractivity contribution in [1.29, 1.82) is 0 Å². The molecule has 0 atom stereocenters. The summed E-state index contributed by atoms with van der Waals surface area (Å²) in [5.41, 5.74) is 5.70. The summed E-state index contributed by atoms with van der Waals surface area (Å²) in [4.78, 5) is 25.8. The first-order chi connectivity index (χ1) is 7.11. The third-order valence-electron chi connectivity index (χ3n) is 2.03. The smallest absolute Gasteiger partial charge is 0.339 e. The van der Waals surface area contributed by atoms with Crippen molar-refractivity contribution in [2.24, 2.45) is 5.73 Å². The van der Waals surface area contributed by atoms with Crippen LogP contribution in [0.25, 0.3) is 11.0 Å². The van der Waals surface area contributed by atoms with Gasteiger partial charge in [0.15, 0.2) is 0 Å². The summed E-state index contributed by atoms with van der Waals surface area (Å²) in [6.07, 6.45) is 2.63. The Morgan fingerprint density at radius 2 is 2.20 bits per heavy atom. The van der Waals surface area contributed by atoms with E-state index < -0.39 is 12.0 Å². The molecule has 0 saturated carbocycles. The van der Waals surface area contributed by atoms with Crippen LogP contribution in [0, 0.1) is 0 Å². The first-order valence-electron chi connectivity index (χ1n) is 4.10. The summed E-state index contributed by atoms with van der Waals surface area (Å²) < 4.78 is 1.06. The Morgan fingerprint density at radius 3 is 2.80 bits per heavy atom. The molecule has 0 aliphatic rings. The number of rotatable bonds is 1. The molecule has 0 unspecified atom stereocenters. The normalized spacial score (nSPS) is 10.4. The lowest BCUT2D eigenvalue weighted by atomic mass is 10.3. The first kappa shape index (κ1) is 9.20. The van der Waals surface area contributed by atoms with Gasteiger partial charge in [-0.15, -0.1) is 0 Å². The Morgan fingerprint density at radius 1 is 1.47 bits per heavy atom. The lowest BCUT2D eigenvalue weighted by Crippen LogP contribution is -2.18. The van der Waals surface area contributed by atoms with Crippen LogP contribution in [0.4, 0.5) is 4.79 Å². The van der Waals surface area contributed by atoms with Gasteiger partial charge >= 0.3 is 12.0 Å². The second-order valence-corrected chi connectivity index (χ2v) is 2.93. The molecule has 2 heterocycles. The Kier molecular flexibility index (Phi) is 1.89. The van der Waals surface area contributed by atoms with Crippen molar-refractivity contribution in [2.45, 2.75) is 0 Å². The molecule has 3 N–H and O–H groups in total. The Bertz CT molecular complexity index is 511. The van der Waals surface area contributed by atoms with E-state index in [-0.39, 0.29) is 11.1 Å². The number of carboxylic acids is 1. The molecule has 2 aromatic rings. The standard InChI is InChI=1S/C9H7N3O3/c10-9(15)12-4-5(8(13)14)7-6(12)2-1-3-11-7/h1-4H,(H2,10,15)(H,13,14). The zero-order chi connectivity index (χ0) is 11.0. The number of nitrogens with two attached hydrogens (primary N) is 1. The minimum atomic E-state index is -1.14. The van der Waals surface area contributed by atoms with Gasteiger partial charge in [0.05, 0.1) is 5.52 Å². The van der Waals surface area contributed by atoms with E-state index in [4.69, 9.17) is 10.8 Å². The molecule has 0 aliphatic carbocycles. The van der Waals surface area contributed by atoms with Crippen LogP contribution in [0.2, 0.25) is 0 Å². The van der Waals surface area contributed by atoms with Gasteiger partial charge < -0.3 is 10.8 Å². The van der Waals surface area contributed by atoms with Crippen LogP contribution in [-0.2, 0) is 0 Å². The van der Waals surface area contributed by atoms with E-state index in [1.54, 1.807) is 12.1 Å². The molecule has 2 rings (SSSR count). The number of carbonyl (C=O) groups is 2. The number of pyridine rings is 1. The fourth-order valence-electron chi connectivity index (χ4n) is 1.40. The minimum absolute atomic E-state index is 0.0376. The summed E-state index contributed by atoms with van der Waals surface area (Å²) in [6, 6.07) is 2.45. The van der Waals surface area contributed by atoms with Crippen molar-refractivity contribution in [3.63, 3.8) is 0 Å². The highest BCUT2D eigenvalue weighted by atomic mass is 16.4. The number of fused-ring (bicyclic) bond motifs is 1. The number of amides is 1. The molecule has 0 radical (unpaired) electrons. The van der Waals surface area contributed by atoms with Crippen LogP contribution >= 0.6 is 0 Å². The predicted octanol–water partition coefficient (Wildman–Crippen LogP) is 0.661. The lowest BCUT2D eigenvalue weighted by Gasteiger charge is -1.95. The van der Waals surface area contributed by atoms with Gasteiger partial charge in [0, 0.05) is 12.4 Å². The molecular formula is C9H7N3O3. The number of nitrogens with zero attached hydrogens (tertiary/aromatic N) is 2. The molecule has 0 fully saturated rings. The number of hydrogen-bond acceptors (Lipinski definition) is 3. The van der Waals surface area contributed by atoms with E-state index in [0.717, 1.165) is 4.57 Å². The Labute approximate surface area is 83.9 Å². The lowest BCUT2D eigenvalue weighted by molar-refractivity contribution is 0.0699. The average Bonchev–Trinajstić information content (AvgIpc) is 2.56. The van der Waals surface area contributed by atoms with Gasteiger partial charge in [-0.25, -0.2) is 9.59 Å². The van der Waals surface area contributed by atoms with Crippen LogP contribution in [0.15, 0.2) is 24.5 Å². The highest BCUT2D eigenvalue weighted by Crippen LogP contribution is 2.18. The molecule has 6 nitrogen and oxygen atoms in total. The monoisotopic (exact) mass is 205 g/mol. The second kappa shape index (κ2) is 3.09. The molecule has 2 aromatic heterocycles. The molecule has 6 heteroatoms. The van der Waals surface area contributed by atoms with E-state index in [9.17, 15) is 9.59 Å². The van der Waals surface area contributed by atoms with Crippen LogP contribution in [0.5, 0.6) is 0 Å². The summed E-state index contributed by atoms with van der Waals surface area (Å²) in [6.45, 7) is 0. The minimum Gasteiger partial charge on any atom is -0.478 e. The third kappa shape index (κ3) is 1.32. The van der Waals surface area contributed by atoms with Crippen molar-refractivity contribution in [3.05, 3.63) is 30.1 Å². The molecule has 1 amide bonds. The molecule has 0 bridgehead atoms. The summed E-state index contributed by atoms with van der Waals surface area (Å²) >= 11 is 0. The van der Waals surface area contributed by atoms with Gasteiger partial charge in [-0.3, -0.25) is 9.55 Å². The van der Waals surface area contributed by atoms with E-state index in [1.165, 1.54) is 12.4 Å². The topological polar surface area (TPSA) is 98.2 Å². The van der Waals surface area contributed by atoms with Crippen LogP contribution in [-0.4, -0.2) is 26.7 Å². The molecule has 0 aliphatic heterocycles. The van der Waals surface area contributed by atoms with Crippen molar-refractivity contribution >= 4 is 23.0 Å². The van der Waals surface area contributed by atoms with Gasteiger partial charge in [0.1, 0.15) is 11.1 Å². The number of aromatic nitrogens is 2. The maximum absolute atomic E-state index is 11.0. The van der Waals surface area contributed by atoms with Crippen molar-refractivity contribution in [2.75, 3.05) is 0 Å². The number of hydrogen-bond donors (Lipinski definition) is 2. The fraction of sp³-hybridized carbons (Fsp3) is 0. The molecule has 15 heavy (non-hydrogen) atoms. The molecular weight excluding hydrogens is 198 g/mol. The van der Waals surface area contributed by atoms with Crippen LogP contribution < -0.4 is 5.73 Å². The first-order valence-corrected chi connectivity index (χ1v) is 4.10. The van der Waals surface area contributed by atoms with Crippen molar-refractivity contribution in [1.82, 2.24) is 9.55 Å². The van der Waals surface area contributed by atoms with E-state index >= 15 is 0 Å². The van der Waals surface area contributed by atoms with Crippen molar-refractivity contribution < 1.29 is 14.7 Å². The maximum atomic E-state index is 11.0. The highest BCUT2D eigenvalue weighted by molar-refractivity contribution is 6.04. The molecule has 0 saturated heterocycles. The quantitative estimate of drug-likeness (QED) is 0.714. The zero-order valence-corrected chi connectivity index (χ0v) is 7.54. The number of aromatic carboxylic acids is 1. The predicted molar refractivity (Wildman–Crippen MR) is 51.7 cm³/mol.